The minimum Gasteiger partial charge on any atom is -0.339 e. The molecule has 0 unspecified atom stereocenters. The zero-order valence-corrected chi connectivity index (χ0v) is 13.6. The largest absolute Gasteiger partial charge is 0.339 e. The van der Waals surface area contributed by atoms with Crippen LogP contribution in [-0.4, -0.2) is 10.9 Å². The van der Waals surface area contributed by atoms with E-state index in [4.69, 9.17) is 5.26 Å². The minimum absolute atomic E-state index is 0.103. The molecule has 2 aromatic carbocycles. The van der Waals surface area contributed by atoms with E-state index >= 15 is 0 Å². The number of benzene rings is 2. The van der Waals surface area contributed by atoms with Crippen LogP contribution in [0.15, 0.2) is 54.7 Å². The van der Waals surface area contributed by atoms with E-state index in [2.05, 4.69) is 15.6 Å². The third kappa shape index (κ3) is 3.88. The van der Waals surface area contributed by atoms with Crippen molar-refractivity contribution >= 4 is 23.1 Å². The smallest absolute Gasteiger partial charge is 0.255 e. The van der Waals surface area contributed by atoms with Crippen molar-refractivity contribution in [2.45, 2.75) is 0 Å². The van der Waals surface area contributed by atoms with Crippen LogP contribution in [0.3, 0.4) is 0 Å². The Bertz CT molecular complexity index is 1060. The fourth-order valence-corrected chi connectivity index (χ4v) is 2.28. The monoisotopic (exact) mass is 368 g/mol. The molecule has 3 rings (SSSR count). The van der Waals surface area contributed by atoms with Gasteiger partial charge in [-0.3, -0.25) is 4.79 Å². The van der Waals surface area contributed by atoms with Gasteiger partial charge in [-0.05, 0) is 36.4 Å². The van der Waals surface area contributed by atoms with Crippen molar-refractivity contribution in [2.24, 2.45) is 0 Å². The molecular formula is C19H11F3N4O. The number of nitriles is 1. The number of rotatable bonds is 4. The summed E-state index contributed by atoms with van der Waals surface area (Å²) in [5, 5.41) is 14.2. The van der Waals surface area contributed by atoms with Crippen LogP contribution >= 0.6 is 0 Å². The molecule has 0 bridgehead atoms. The van der Waals surface area contributed by atoms with Gasteiger partial charge in [0.05, 0.1) is 16.9 Å². The van der Waals surface area contributed by atoms with E-state index < -0.39 is 29.0 Å². The first-order chi connectivity index (χ1) is 13.0. The molecule has 0 saturated heterocycles. The van der Waals surface area contributed by atoms with Gasteiger partial charge in [0.25, 0.3) is 5.91 Å². The predicted octanol–water partition coefficient (Wildman–Crippen LogP) is 4.37. The summed E-state index contributed by atoms with van der Waals surface area (Å²) < 4.78 is 40.0. The van der Waals surface area contributed by atoms with Crippen LogP contribution in [0.4, 0.5) is 30.4 Å². The maximum absolute atomic E-state index is 13.7. The Balaban J connectivity index is 1.82. The fraction of sp³-hybridized carbons (Fsp3) is 0. The van der Waals surface area contributed by atoms with E-state index in [9.17, 15) is 18.0 Å². The fourth-order valence-electron chi connectivity index (χ4n) is 2.28. The number of anilines is 3. The molecule has 1 amide bonds. The first kappa shape index (κ1) is 17.9. The predicted molar refractivity (Wildman–Crippen MR) is 92.9 cm³/mol. The molecule has 1 heterocycles. The Morgan fingerprint density at radius 2 is 1.78 bits per heavy atom. The highest BCUT2D eigenvalue weighted by Gasteiger charge is 2.16. The molecule has 3 aromatic rings. The number of hydrogen-bond donors (Lipinski definition) is 2. The Kier molecular flexibility index (Phi) is 5.04. The molecule has 5 nitrogen and oxygen atoms in total. The lowest BCUT2D eigenvalue weighted by molar-refractivity contribution is 0.102. The molecule has 0 fully saturated rings. The van der Waals surface area contributed by atoms with E-state index in [1.807, 2.05) is 6.07 Å². The normalized spacial score (nSPS) is 10.1. The second-order valence-corrected chi connectivity index (χ2v) is 5.39. The van der Waals surface area contributed by atoms with Crippen LogP contribution in [0.25, 0.3) is 0 Å². The molecule has 27 heavy (non-hydrogen) atoms. The lowest BCUT2D eigenvalue weighted by Crippen LogP contribution is -2.14. The van der Waals surface area contributed by atoms with Gasteiger partial charge in [0.2, 0.25) is 0 Å². The van der Waals surface area contributed by atoms with Crippen molar-refractivity contribution < 1.29 is 18.0 Å². The number of nitrogens with zero attached hydrogens (tertiary/aromatic N) is 2. The average Bonchev–Trinajstić information content (AvgIpc) is 2.69. The zero-order chi connectivity index (χ0) is 19.4. The lowest BCUT2D eigenvalue weighted by atomic mass is 10.2. The Hall–Kier alpha value is -3.86. The maximum Gasteiger partial charge on any atom is 0.255 e. The highest BCUT2D eigenvalue weighted by molar-refractivity contribution is 6.04. The van der Waals surface area contributed by atoms with Gasteiger partial charge in [0.1, 0.15) is 11.9 Å². The van der Waals surface area contributed by atoms with Gasteiger partial charge in [-0.15, -0.1) is 0 Å². The number of carbonyl (C=O) groups excluding carboxylic acids is 1. The molecule has 0 aliphatic heterocycles. The standard InChI is InChI=1S/C19H11F3N4O/c20-13-5-6-15(18(22)17(13)21)26-19(27)11-7-8-24-16(9-11)25-14-4-2-1-3-12(14)10-23/h1-9H,(H,24,25)(H,26,27). The number of amides is 1. The third-order valence-electron chi connectivity index (χ3n) is 3.62. The Labute approximate surface area is 152 Å². The van der Waals surface area contributed by atoms with Gasteiger partial charge in [-0.1, -0.05) is 12.1 Å². The molecule has 0 atom stereocenters. The van der Waals surface area contributed by atoms with Crippen LogP contribution in [-0.2, 0) is 0 Å². The molecule has 134 valence electrons. The van der Waals surface area contributed by atoms with Crippen LogP contribution in [0.2, 0.25) is 0 Å². The molecule has 2 N–H and O–H groups in total. The van der Waals surface area contributed by atoms with Crippen molar-refractivity contribution in [3.63, 3.8) is 0 Å². The topological polar surface area (TPSA) is 77.8 Å². The molecule has 8 heteroatoms. The summed E-state index contributed by atoms with van der Waals surface area (Å²) in [6.07, 6.45) is 1.34. The van der Waals surface area contributed by atoms with Gasteiger partial charge < -0.3 is 10.6 Å². The summed E-state index contributed by atoms with van der Waals surface area (Å²) >= 11 is 0. The van der Waals surface area contributed by atoms with E-state index in [1.54, 1.807) is 24.3 Å². The summed E-state index contributed by atoms with van der Waals surface area (Å²) in [6, 6.07) is 13.1. The Morgan fingerprint density at radius 1 is 1.00 bits per heavy atom. The first-order valence-corrected chi connectivity index (χ1v) is 7.66. The third-order valence-corrected chi connectivity index (χ3v) is 3.62. The van der Waals surface area contributed by atoms with E-state index in [0.717, 1.165) is 6.07 Å². The summed E-state index contributed by atoms with van der Waals surface area (Å²) in [7, 11) is 0. The number of pyridine rings is 1. The van der Waals surface area contributed by atoms with E-state index in [-0.39, 0.29) is 11.4 Å². The van der Waals surface area contributed by atoms with Crippen LogP contribution in [0, 0.1) is 28.8 Å². The second-order valence-electron chi connectivity index (χ2n) is 5.39. The number of halogens is 3. The number of nitrogens with one attached hydrogen (secondary N) is 2. The number of hydrogen-bond acceptors (Lipinski definition) is 4. The molecule has 0 aliphatic rings. The Morgan fingerprint density at radius 3 is 2.56 bits per heavy atom. The van der Waals surface area contributed by atoms with Crippen LogP contribution < -0.4 is 10.6 Å². The van der Waals surface area contributed by atoms with Crippen LogP contribution in [0.1, 0.15) is 15.9 Å². The first-order valence-electron chi connectivity index (χ1n) is 7.66. The van der Waals surface area contributed by atoms with Crippen molar-refractivity contribution in [1.29, 1.82) is 5.26 Å². The van der Waals surface area contributed by atoms with Crippen molar-refractivity contribution in [3.05, 3.63) is 83.3 Å². The average molecular weight is 368 g/mol. The van der Waals surface area contributed by atoms with E-state index in [0.29, 0.717) is 17.3 Å². The quantitative estimate of drug-likeness (QED) is 0.671. The molecule has 0 saturated carbocycles. The molecule has 0 aliphatic carbocycles. The second kappa shape index (κ2) is 7.58. The van der Waals surface area contributed by atoms with Gasteiger partial charge in [-0.2, -0.15) is 5.26 Å². The number of aromatic nitrogens is 1. The van der Waals surface area contributed by atoms with Crippen molar-refractivity contribution in [1.82, 2.24) is 4.98 Å². The number of carbonyl (C=O) groups is 1. The van der Waals surface area contributed by atoms with Gasteiger partial charge in [0, 0.05) is 11.8 Å². The highest BCUT2D eigenvalue weighted by Crippen LogP contribution is 2.22. The zero-order valence-electron chi connectivity index (χ0n) is 13.6. The summed E-state index contributed by atoms with van der Waals surface area (Å²) in [5.41, 5.74) is 0.501. The molecule has 1 aromatic heterocycles. The molecular weight excluding hydrogens is 357 g/mol. The maximum atomic E-state index is 13.7. The van der Waals surface area contributed by atoms with Crippen molar-refractivity contribution in [3.8, 4) is 6.07 Å². The van der Waals surface area contributed by atoms with Crippen molar-refractivity contribution in [2.75, 3.05) is 10.6 Å². The van der Waals surface area contributed by atoms with Gasteiger partial charge in [0.15, 0.2) is 17.5 Å². The molecule has 0 radical (unpaired) electrons. The lowest BCUT2D eigenvalue weighted by Gasteiger charge is -2.10. The highest BCUT2D eigenvalue weighted by atomic mass is 19.2. The summed E-state index contributed by atoms with van der Waals surface area (Å²) in [6.45, 7) is 0. The van der Waals surface area contributed by atoms with Crippen LogP contribution in [0.5, 0.6) is 0 Å². The minimum atomic E-state index is -1.67. The molecule has 0 spiro atoms. The summed E-state index contributed by atoms with van der Waals surface area (Å²) in [5.74, 6) is -4.97. The SMILES string of the molecule is N#Cc1ccccc1Nc1cc(C(=O)Nc2ccc(F)c(F)c2F)ccn1. The number of para-hydroxylation sites is 1. The van der Waals surface area contributed by atoms with Gasteiger partial charge >= 0.3 is 0 Å². The van der Waals surface area contributed by atoms with Gasteiger partial charge in [-0.25, -0.2) is 18.2 Å². The van der Waals surface area contributed by atoms with E-state index in [1.165, 1.54) is 18.3 Å². The summed E-state index contributed by atoms with van der Waals surface area (Å²) in [4.78, 5) is 16.3.